The van der Waals surface area contributed by atoms with Gasteiger partial charge in [-0.3, -0.25) is 0 Å². The van der Waals surface area contributed by atoms with Gasteiger partial charge in [0.2, 0.25) is 0 Å². The molecule has 0 nitrogen and oxygen atoms in total. The molecule has 0 aliphatic heterocycles. The Kier molecular flexibility index (Phi) is 3.90. The first kappa shape index (κ1) is 8.25. The molecule has 1 rings (SSSR count). The van der Waals surface area contributed by atoms with Crippen LogP contribution in [0.5, 0.6) is 0 Å². The zero-order chi connectivity index (χ0) is 4.57. The van der Waals surface area contributed by atoms with Gasteiger partial charge < -0.3 is 2.85 Å². The van der Waals surface area contributed by atoms with Crippen molar-refractivity contribution in [3.63, 3.8) is 0 Å². The zero-order valence-corrected chi connectivity index (χ0v) is 7.65. The molecule has 0 radical (unpaired) electrons. The molecule has 0 spiro atoms. The van der Waals surface area contributed by atoms with E-state index in [0.717, 1.165) is 10.7 Å². The van der Waals surface area contributed by atoms with Crippen LogP contribution in [0.1, 0.15) is 22.6 Å². The average molecular weight is 175 g/mol. The number of rotatable bonds is 1. The van der Waals surface area contributed by atoms with Gasteiger partial charge in [-0.1, -0.05) is 22.9 Å². The van der Waals surface area contributed by atoms with Crippen molar-refractivity contribution in [2.75, 3.05) is 0 Å². The first-order chi connectivity index (χ1) is 2.80. The maximum atomic E-state index is 3.50. The van der Waals surface area contributed by atoms with Crippen molar-refractivity contribution in [2.45, 2.75) is 24.6 Å². The van der Waals surface area contributed by atoms with Gasteiger partial charge in [-0.05, 0) is 18.8 Å². The van der Waals surface area contributed by atoms with E-state index in [0.29, 0.717) is 0 Å². The van der Waals surface area contributed by atoms with Gasteiger partial charge in [0.15, 0.2) is 0 Å². The zero-order valence-electron chi connectivity index (χ0n) is 6.65. The SMILES string of the molecule is CC(Br)C1CC1.[H-].[H-].[Mg+2]. The van der Waals surface area contributed by atoms with E-state index < -0.39 is 0 Å². The number of halogens is 1. The van der Waals surface area contributed by atoms with Crippen molar-refractivity contribution in [3.8, 4) is 0 Å². The van der Waals surface area contributed by atoms with Crippen molar-refractivity contribution >= 4 is 39.0 Å². The van der Waals surface area contributed by atoms with Crippen LogP contribution in [0.3, 0.4) is 0 Å². The maximum Gasteiger partial charge on any atom is 2.00 e. The Morgan fingerprint density at radius 2 is 2.14 bits per heavy atom. The summed E-state index contributed by atoms with van der Waals surface area (Å²) in [7, 11) is 0. The Balaban J connectivity index is -0.000000120. The Hall–Kier alpha value is 1.25. The second kappa shape index (κ2) is 3.31. The van der Waals surface area contributed by atoms with Crippen molar-refractivity contribution in [3.05, 3.63) is 0 Å². The fourth-order valence-electron chi connectivity index (χ4n) is 0.556. The van der Waals surface area contributed by atoms with E-state index in [1.54, 1.807) is 0 Å². The summed E-state index contributed by atoms with van der Waals surface area (Å²) < 4.78 is 0. The van der Waals surface area contributed by atoms with Gasteiger partial charge in [-0.2, -0.15) is 0 Å². The molecule has 1 aliphatic carbocycles. The summed E-state index contributed by atoms with van der Waals surface area (Å²) in [6, 6.07) is 0. The van der Waals surface area contributed by atoms with Gasteiger partial charge in [0.05, 0.1) is 0 Å². The van der Waals surface area contributed by atoms with Crippen LogP contribution in [-0.2, 0) is 0 Å². The van der Waals surface area contributed by atoms with Crippen LogP contribution in [0.15, 0.2) is 0 Å². The van der Waals surface area contributed by atoms with Crippen molar-refractivity contribution in [1.29, 1.82) is 0 Å². The molecule has 1 aliphatic rings. The average Bonchev–Trinajstić information content (AvgIpc) is 2.06. The molecular weight excluding hydrogens is 164 g/mol. The Labute approximate surface area is 72.3 Å². The second-order valence-electron chi connectivity index (χ2n) is 2.01. The van der Waals surface area contributed by atoms with Crippen LogP contribution >= 0.6 is 15.9 Å². The van der Waals surface area contributed by atoms with E-state index in [1.807, 2.05) is 0 Å². The molecule has 1 unspecified atom stereocenters. The molecule has 0 aromatic carbocycles. The molecule has 0 heterocycles. The second-order valence-corrected chi connectivity index (χ2v) is 3.46. The minimum absolute atomic E-state index is 0. The maximum absolute atomic E-state index is 3.50. The van der Waals surface area contributed by atoms with E-state index in [9.17, 15) is 0 Å². The Bertz CT molecular complexity index is 56.9. The summed E-state index contributed by atoms with van der Waals surface area (Å²) in [5.41, 5.74) is 0. The monoisotopic (exact) mass is 174 g/mol. The number of alkyl halides is 1. The molecule has 0 amide bonds. The quantitative estimate of drug-likeness (QED) is 0.422. The molecule has 1 saturated carbocycles. The summed E-state index contributed by atoms with van der Waals surface area (Å²) >= 11 is 3.50. The summed E-state index contributed by atoms with van der Waals surface area (Å²) in [4.78, 5) is 0.775. The minimum Gasteiger partial charge on any atom is -1.00 e. The standard InChI is InChI=1S/C5H9Br.Mg.2H/c1-4(6)5-2-3-5;;;/h4-5H,2-3H2,1H3;;;/q;+2;2*-1. The predicted molar refractivity (Wildman–Crippen MR) is 39.1 cm³/mol. The Morgan fingerprint density at radius 1 is 1.71 bits per heavy atom. The van der Waals surface area contributed by atoms with Gasteiger partial charge in [-0.15, -0.1) is 0 Å². The topological polar surface area (TPSA) is 0 Å². The van der Waals surface area contributed by atoms with Gasteiger partial charge in [0.25, 0.3) is 0 Å². The molecule has 0 aromatic rings. The number of hydrogen-bond donors (Lipinski definition) is 0. The fraction of sp³-hybridized carbons (Fsp3) is 1.00. The van der Waals surface area contributed by atoms with Crippen LogP contribution < -0.4 is 0 Å². The summed E-state index contributed by atoms with van der Waals surface area (Å²) in [5, 5.41) is 0. The van der Waals surface area contributed by atoms with Crippen molar-refractivity contribution < 1.29 is 2.85 Å². The van der Waals surface area contributed by atoms with E-state index in [1.165, 1.54) is 12.8 Å². The predicted octanol–water partition coefficient (Wildman–Crippen LogP) is 2.02. The largest absolute Gasteiger partial charge is 2.00 e. The van der Waals surface area contributed by atoms with Crippen LogP contribution in [0.2, 0.25) is 0 Å². The molecule has 0 bridgehead atoms. The first-order valence-electron chi connectivity index (χ1n) is 2.45. The molecule has 2 heteroatoms. The molecular formula is C5H11BrMg. The molecule has 40 valence electrons. The molecule has 0 saturated heterocycles. The molecule has 1 atom stereocenters. The first-order valence-corrected chi connectivity index (χ1v) is 3.36. The summed E-state index contributed by atoms with van der Waals surface area (Å²) in [5.74, 6) is 1.02. The van der Waals surface area contributed by atoms with Gasteiger partial charge in [-0.25, -0.2) is 0 Å². The third-order valence-electron chi connectivity index (χ3n) is 1.27. The van der Waals surface area contributed by atoms with Crippen LogP contribution in [0, 0.1) is 5.92 Å². The van der Waals surface area contributed by atoms with Crippen LogP contribution in [0.4, 0.5) is 0 Å². The van der Waals surface area contributed by atoms with E-state index in [4.69, 9.17) is 0 Å². The third kappa shape index (κ3) is 2.93. The van der Waals surface area contributed by atoms with E-state index in [2.05, 4.69) is 22.9 Å². The summed E-state index contributed by atoms with van der Waals surface area (Å²) in [6.45, 7) is 2.22. The minimum atomic E-state index is 0. The smallest absolute Gasteiger partial charge is 1.00 e. The van der Waals surface area contributed by atoms with Crippen molar-refractivity contribution in [1.82, 2.24) is 0 Å². The van der Waals surface area contributed by atoms with Crippen molar-refractivity contribution in [2.24, 2.45) is 5.92 Å². The van der Waals surface area contributed by atoms with Crippen LogP contribution in [0.25, 0.3) is 0 Å². The molecule has 0 N–H and O–H groups in total. The van der Waals surface area contributed by atoms with Crippen LogP contribution in [-0.4, -0.2) is 27.9 Å². The van der Waals surface area contributed by atoms with Gasteiger partial charge >= 0.3 is 23.1 Å². The molecule has 0 aromatic heterocycles. The van der Waals surface area contributed by atoms with Gasteiger partial charge in [0.1, 0.15) is 0 Å². The Morgan fingerprint density at radius 3 is 2.14 bits per heavy atom. The number of hydrogen-bond acceptors (Lipinski definition) is 0. The molecule has 7 heavy (non-hydrogen) atoms. The van der Waals surface area contributed by atoms with E-state index >= 15 is 0 Å². The third-order valence-corrected chi connectivity index (χ3v) is 2.02. The fourth-order valence-corrected chi connectivity index (χ4v) is 1.08. The normalized spacial score (nSPS) is 23.1. The summed E-state index contributed by atoms with van der Waals surface area (Å²) in [6.07, 6.45) is 2.90. The van der Waals surface area contributed by atoms with Gasteiger partial charge in [0, 0.05) is 4.83 Å². The van der Waals surface area contributed by atoms with E-state index in [-0.39, 0.29) is 25.9 Å². The molecule has 1 fully saturated rings.